The number of benzene rings is 1. The largest absolute Gasteiger partial charge is 0.449 e. The van der Waals surface area contributed by atoms with E-state index in [1.807, 2.05) is 41.1 Å². The molecule has 23 heavy (non-hydrogen) atoms. The van der Waals surface area contributed by atoms with Crippen LogP contribution in [0.3, 0.4) is 0 Å². The first-order valence-electron chi connectivity index (χ1n) is 7.30. The average molecular weight is 323 g/mol. The highest BCUT2D eigenvalue weighted by Crippen LogP contribution is 2.26. The van der Waals surface area contributed by atoms with Crippen molar-refractivity contribution in [1.82, 2.24) is 14.9 Å². The molecule has 2 aromatic rings. The topological polar surface area (TPSA) is 49.0 Å². The summed E-state index contributed by atoms with van der Waals surface area (Å²) in [7, 11) is 0. The van der Waals surface area contributed by atoms with Crippen molar-refractivity contribution < 1.29 is 13.2 Å². The molecule has 1 aromatic carbocycles. The minimum Gasteiger partial charge on any atom is -0.303 e. The lowest BCUT2D eigenvalue weighted by Crippen LogP contribution is -2.36. The van der Waals surface area contributed by atoms with E-state index in [9.17, 15) is 18.0 Å². The fraction of sp³-hybridized carbons (Fsp3) is 0.375. The van der Waals surface area contributed by atoms with Crippen molar-refractivity contribution in [1.29, 1.82) is 0 Å². The molecule has 0 atom stereocenters. The number of nitrogens with one attached hydrogen (secondary N) is 1. The summed E-state index contributed by atoms with van der Waals surface area (Å²) in [5.41, 5.74) is 2.13. The fourth-order valence-electron chi connectivity index (χ4n) is 2.71. The van der Waals surface area contributed by atoms with Gasteiger partial charge in [-0.1, -0.05) is 29.8 Å². The van der Waals surface area contributed by atoms with Crippen LogP contribution in [0.5, 0.6) is 0 Å². The second kappa shape index (κ2) is 5.81. The SMILES string of the molecule is Cc1ccc(CN2CCc3c(nc(C(F)(F)F)[nH]c3=O)C2)cc1. The second-order valence-corrected chi connectivity index (χ2v) is 5.78. The minimum atomic E-state index is -4.65. The van der Waals surface area contributed by atoms with Gasteiger partial charge in [-0.05, 0) is 18.9 Å². The van der Waals surface area contributed by atoms with Gasteiger partial charge in [0.1, 0.15) is 0 Å². The van der Waals surface area contributed by atoms with Crippen LogP contribution in [0.1, 0.15) is 28.2 Å². The van der Waals surface area contributed by atoms with Gasteiger partial charge >= 0.3 is 6.18 Å². The highest BCUT2D eigenvalue weighted by atomic mass is 19.4. The number of fused-ring (bicyclic) bond motifs is 1. The molecule has 3 rings (SSSR count). The van der Waals surface area contributed by atoms with Gasteiger partial charge in [0, 0.05) is 25.2 Å². The van der Waals surface area contributed by atoms with E-state index in [0.717, 1.165) is 11.1 Å². The maximum atomic E-state index is 12.8. The zero-order valence-electron chi connectivity index (χ0n) is 12.6. The number of hydrogen-bond donors (Lipinski definition) is 1. The van der Waals surface area contributed by atoms with E-state index in [1.165, 1.54) is 0 Å². The van der Waals surface area contributed by atoms with Crippen LogP contribution >= 0.6 is 0 Å². The second-order valence-electron chi connectivity index (χ2n) is 5.78. The van der Waals surface area contributed by atoms with Gasteiger partial charge in [0.25, 0.3) is 5.56 Å². The maximum Gasteiger partial charge on any atom is 0.449 e. The van der Waals surface area contributed by atoms with E-state index < -0.39 is 17.6 Å². The van der Waals surface area contributed by atoms with Gasteiger partial charge in [-0.15, -0.1) is 0 Å². The van der Waals surface area contributed by atoms with Crippen molar-refractivity contribution in [3.05, 3.63) is 62.8 Å². The number of nitrogens with zero attached hydrogens (tertiary/aromatic N) is 2. The Kier molecular flexibility index (Phi) is 3.97. The van der Waals surface area contributed by atoms with Gasteiger partial charge in [0.05, 0.1) is 5.69 Å². The van der Waals surface area contributed by atoms with E-state index in [1.54, 1.807) is 0 Å². The monoisotopic (exact) mass is 323 g/mol. The summed E-state index contributed by atoms with van der Waals surface area (Å²) < 4.78 is 38.3. The van der Waals surface area contributed by atoms with Crippen molar-refractivity contribution in [3.63, 3.8) is 0 Å². The number of aryl methyl sites for hydroxylation is 1. The van der Waals surface area contributed by atoms with Crippen molar-refractivity contribution >= 4 is 0 Å². The zero-order chi connectivity index (χ0) is 16.6. The minimum absolute atomic E-state index is 0.222. The van der Waals surface area contributed by atoms with Crippen LogP contribution in [0.15, 0.2) is 29.1 Å². The van der Waals surface area contributed by atoms with Crippen molar-refractivity contribution in [2.75, 3.05) is 6.54 Å². The predicted octanol–water partition coefficient (Wildman–Crippen LogP) is 2.66. The van der Waals surface area contributed by atoms with Crippen LogP contribution < -0.4 is 5.56 Å². The standard InChI is InChI=1S/C16H16F3N3O/c1-10-2-4-11(5-3-10)8-22-7-6-12-13(9-22)20-15(16(17,18)19)21-14(12)23/h2-5H,6-9H2,1H3,(H,20,21,23). The molecule has 2 heterocycles. The number of alkyl halides is 3. The van der Waals surface area contributed by atoms with E-state index >= 15 is 0 Å². The van der Waals surface area contributed by atoms with Crippen LogP contribution in [0.4, 0.5) is 13.2 Å². The Bertz CT molecular complexity index is 766. The summed E-state index contributed by atoms with van der Waals surface area (Å²) in [5, 5.41) is 0. The smallest absolute Gasteiger partial charge is 0.303 e. The number of halogens is 3. The summed E-state index contributed by atoms with van der Waals surface area (Å²) in [6.45, 7) is 3.48. The van der Waals surface area contributed by atoms with Crippen molar-refractivity contribution in [2.45, 2.75) is 32.6 Å². The molecule has 1 aromatic heterocycles. The quantitative estimate of drug-likeness (QED) is 0.924. The molecule has 1 aliphatic heterocycles. The third kappa shape index (κ3) is 3.44. The Balaban J connectivity index is 1.83. The number of aromatic nitrogens is 2. The Hall–Kier alpha value is -2.15. The molecular weight excluding hydrogens is 307 g/mol. The number of aromatic amines is 1. The van der Waals surface area contributed by atoms with Gasteiger partial charge in [-0.25, -0.2) is 4.98 Å². The summed E-state index contributed by atoms with van der Waals surface area (Å²) in [6.07, 6.45) is -4.24. The van der Waals surface area contributed by atoms with Gasteiger partial charge in [0.2, 0.25) is 5.82 Å². The molecule has 0 saturated carbocycles. The van der Waals surface area contributed by atoms with Gasteiger partial charge in [-0.2, -0.15) is 13.2 Å². The molecule has 0 fully saturated rings. The molecule has 0 aliphatic carbocycles. The van der Waals surface area contributed by atoms with E-state index in [4.69, 9.17) is 0 Å². The highest BCUT2D eigenvalue weighted by molar-refractivity contribution is 5.24. The Morgan fingerprint density at radius 2 is 1.96 bits per heavy atom. The first kappa shape index (κ1) is 15.7. The third-order valence-corrected chi connectivity index (χ3v) is 3.95. The average Bonchev–Trinajstić information content (AvgIpc) is 2.48. The van der Waals surface area contributed by atoms with Crippen LogP contribution in [0.25, 0.3) is 0 Å². The van der Waals surface area contributed by atoms with Gasteiger partial charge < -0.3 is 4.98 Å². The van der Waals surface area contributed by atoms with Gasteiger partial charge in [-0.3, -0.25) is 9.69 Å². The number of hydrogen-bond acceptors (Lipinski definition) is 3. The predicted molar refractivity (Wildman–Crippen MR) is 78.9 cm³/mol. The van der Waals surface area contributed by atoms with Gasteiger partial charge in [0.15, 0.2) is 0 Å². The Labute approximate surface area is 131 Å². The lowest BCUT2D eigenvalue weighted by atomic mass is 10.1. The fourth-order valence-corrected chi connectivity index (χ4v) is 2.71. The highest BCUT2D eigenvalue weighted by Gasteiger charge is 2.35. The lowest BCUT2D eigenvalue weighted by Gasteiger charge is -2.27. The van der Waals surface area contributed by atoms with Crippen molar-refractivity contribution in [2.24, 2.45) is 0 Å². The molecule has 0 bridgehead atoms. The summed E-state index contributed by atoms with van der Waals surface area (Å²) in [5.74, 6) is -1.22. The van der Waals surface area contributed by atoms with Crippen molar-refractivity contribution in [3.8, 4) is 0 Å². The Morgan fingerprint density at radius 3 is 2.61 bits per heavy atom. The van der Waals surface area contributed by atoms with Crippen LogP contribution in [-0.2, 0) is 25.7 Å². The van der Waals surface area contributed by atoms with E-state index in [0.29, 0.717) is 25.1 Å². The number of H-pyrrole nitrogens is 1. The zero-order valence-corrected chi connectivity index (χ0v) is 12.6. The van der Waals surface area contributed by atoms with Crippen LogP contribution in [0, 0.1) is 6.92 Å². The Morgan fingerprint density at radius 1 is 1.26 bits per heavy atom. The molecular formula is C16H16F3N3O. The molecule has 1 N–H and O–H groups in total. The molecule has 1 aliphatic rings. The van der Waals surface area contributed by atoms with E-state index in [2.05, 4.69) is 4.98 Å². The molecule has 0 amide bonds. The van der Waals surface area contributed by atoms with Crippen LogP contribution in [0.2, 0.25) is 0 Å². The first-order chi connectivity index (χ1) is 10.8. The third-order valence-electron chi connectivity index (χ3n) is 3.95. The maximum absolute atomic E-state index is 12.8. The summed E-state index contributed by atoms with van der Waals surface area (Å²) in [4.78, 5) is 19.3. The normalized spacial score (nSPS) is 15.5. The number of rotatable bonds is 2. The molecule has 122 valence electrons. The lowest BCUT2D eigenvalue weighted by molar-refractivity contribution is -0.145. The molecule has 0 unspecified atom stereocenters. The first-order valence-corrected chi connectivity index (χ1v) is 7.30. The molecule has 0 radical (unpaired) electrons. The van der Waals surface area contributed by atoms with E-state index in [-0.39, 0.29) is 12.2 Å². The summed E-state index contributed by atoms with van der Waals surface area (Å²) >= 11 is 0. The summed E-state index contributed by atoms with van der Waals surface area (Å²) in [6, 6.07) is 7.99. The molecule has 4 nitrogen and oxygen atoms in total. The molecule has 0 spiro atoms. The van der Waals surface area contributed by atoms with Crippen LogP contribution in [-0.4, -0.2) is 21.4 Å². The molecule has 7 heteroatoms. The molecule has 0 saturated heterocycles.